The fourth-order valence-corrected chi connectivity index (χ4v) is 8.69. The zero-order chi connectivity index (χ0) is 34.8. The summed E-state index contributed by atoms with van der Waals surface area (Å²) in [6.45, 7) is 4.71. The van der Waals surface area contributed by atoms with Gasteiger partial charge in [-0.1, -0.05) is 172 Å². The molecule has 0 N–H and O–H groups in total. The largest absolute Gasteiger partial charge is 0.310 e. The molecule has 0 heterocycles. The van der Waals surface area contributed by atoms with E-state index in [4.69, 9.17) is 0 Å². The van der Waals surface area contributed by atoms with Crippen LogP contribution in [-0.4, -0.2) is 0 Å². The second-order valence-corrected chi connectivity index (χ2v) is 14.5. The molecule has 52 heavy (non-hydrogen) atoms. The molecule has 0 fully saturated rings. The number of benzene rings is 9. The Bertz CT molecular complexity index is 2790. The highest BCUT2D eigenvalue weighted by Gasteiger charge is 2.37. The maximum Gasteiger partial charge on any atom is 0.0543 e. The molecule has 0 spiro atoms. The van der Waals surface area contributed by atoms with Crippen molar-refractivity contribution in [1.82, 2.24) is 0 Å². The van der Waals surface area contributed by atoms with E-state index in [1.807, 2.05) is 0 Å². The van der Waals surface area contributed by atoms with Gasteiger partial charge in [0, 0.05) is 22.4 Å². The van der Waals surface area contributed by atoms with Crippen molar-refractivity contribution in [1.29, 1.82) is 0 Å². The predicted octanol–water partition coefficient (Wildman–Crippen LogP) is 14.3. The van der Waals surface area contributed by atoms with Crippen LogP contribution in [0.5, 0.6) is 0 Å². The summed E-state index contributed by atoms with van der Waals surface area (Å²) >= 11 is 0. The third kappa shape index (κ3) is 4.70. The van der Waals surface area contributed by atoms with Crippen LogP contribution < -0.4 is 4.90 Å². The molecule has 0 bridgehead atoms. The van der Waals surface area contributed by atoms with Crippen LogP contribution in [0.4, 0.5) is 17.1 Å². The number of fused-ring (bicyclic) bond motifs is 8. The van der Waals surface area contributed by atoms with Crippen LogP contribution in [0.25, 0.3) is 65.7 Å². The van der Waals surface area contributed by atoms with Crippen LogP contribution >= 0.6 is 0 Å². The maximum absolute atomic E-state index is 2.45. The van der Waals surface area contributed by atoms with E-state index in [0.717, 1.165) is 11.4 Å². The molecule has 1 aliphatic rings. The summed E-state index contributed by atoms with van der Waals surface area (Å²) in [5.74, 6) is 0. The number of hydrogen-bond donors (Lipinski definition) is 0. The summed E-state index contributed by atoms with van der Waals surface area (Å²) in [7, 11) is 0. The molecule has 0 aromatic heterocycles. The SMILES string of the molecule is CC1(C)c2ccccc2-c2c(N(c3ccc(-c4ccccc4)cc3)c3ccc(-c4cccc5ccc6ccc7ccccc7c6c45)cc3)cccc21. The molecule has 246 valence electrons. The molecule has 9 aromatic carbocycles. The van der Waals surface area contributed by atoms with Gasteiger partial charge in [0.2, 0.25) is 0 Å². The lowest BCUT2D eigenvalue weighted by molar-refractivity contribution is 0.660. The monoisotopic (exact) mass is 663 g/mol. The summed E-state index contributed by atoms with van der Waals surface area (Å²) in [4.78, 5) is 2.45. The van der Waals surface area contributed by atoms with Gasteiger partial charge in [0.15, 0.2) is 0 Å². The van der Waals surface area contributed by atoms with Crippen molar-refractivity contribution in [3.05, 3.63) is 199 Å². The molecule has 1 nitrogen and oxygen atoms in total. The van der Waals surface area contributed by atoms with E-state index in [1.165, 1.54) is 82.5 Å². The minimum atomic E-state index is -0.0874. The highest BCUT2D eigenvalue weighted by molar-refractivity contribution is 6.24. The van der Waals surface area contributed by atoms with E-state index < -0.39 is 0 Å². The van der Waals surface area contributed by atoms with E-state index in [1.54, 1.807) is 0 Å². The van der Waals surface area contributed by atoms with Gasteiger partial charge in [-0.2, -0.15) is 0 Å². The van der Waals surface area contributed by atoms with E-state index in [0.29, 0.717) is 0 Å². The van der Waals surface area contributed by atoms with Gasteiger partial charge in [-0.05, 0) is 102 Å². The number of rotatable bonds is 5. The fraction of sp³-hybridized carbons (Fsp3) is 0.0588. The predicted molar refractivity (Wildman–Crippen MR) is 222 cm³/mol. The molecule has 0 radical (unpaired) electrons. The number of hydrogen-bond acceptors (Lipinski definition) is 1. The first-order chi connectivity index (χ1) is 25.6. The molecule has 9 aromatic rings. The molecule has 0 amide bonds. The van der Waals surface area contributed by atoms with Gasteiger partial charge in [-0.15, -0.1) is 0 Å². The molecule has 0 aliphatic heterocycles. The first-order valence-corrected chi connectivity index (χ1v) is 18.2. The van der Waals surface area contributed by atoms with E-state index >= 15 is 0 Å². The molecule has 10 rings (SSSR count). The summed E-state index contributed by atoms with van der Waals surface area (Å²) in [5.41, 5.74) is 13.6. The van der Waals surface area contributed by atoms with Gasteiger partial charge in [0.1, 0.15) is 0 Å². The number of nitrogens with zero attached hydrogens (tertiary/aromatic N) is 1. The Morgan fingerprint density at radius 3 is 1.67 bits per heavy atom. The Kier molecular flexibility index (Phi) is 6.91. The van der Waals surface area contributed by atoms with Crippen LogP contribution in [0.1, 0.15) is 25.0 Å². The standard InChI is InChI=1S/C51H37N/c1-51(2)45-19-9-8-17-44(45)50-46(51)20-11-21-47(50)52(40-30-26-35(27-31-40)34-12-4-3-5-13-34)41-32-28-37(29-33-41)43-18-10-15-38-24-25-39-23-22-36-14-6-7-16-42(36)49(39)48(38)43/h3-33H,1-2H3. The second-order valence-electron chi connectivity index (χ2n) is 14.5. The summed E-state index contributed by atoms with van der Waals surface area (Å²) in [5, 5.41) is 7.70. The smallest absolute Gasteiger partial charge is 0.0543 e. The Labute approximate surface area is 305 Å². The second kappa shape index (κ2) is 11.8. The van der Waals surface area contributed by atoms with Crippen LogP contribution in [0.3, 0.4) is 0 Å². The van der Waals surface area contributed by atoms with Gasteiger partial charge in [0.25, 0.3) is 0 Å². The van der Waals surface area contributed by atoms with Crippen LogP contribution in [0, 0.1) is 0 Å². The molecule has 0 saturated carbocycles. The van der Waals surface area contributed by atoms with Crippen LogP contribution in [0.2, 0.25) is 0 Å². The topological polar surface area (TPSA) is 3.24 Å². The highest BCUT2D eigenvalue weighted by atomic mass is 15.1. The van der Waals surface area contributed by atoms with Gasteiger partial charge in [0.05, 0.1) is 5.69 Å². The molecule has 1 aliphatic carbocycles. The molecule has 1 heteroatoms. The molecule has 0 unspecified atom stereocenters. The summed E-state index contributed by atoms with van der Waals surface area (Å²) < 4.78 is 0. The number of anilines is 3. The van der Waals surface area contributed by atoms with Gasteiger partial charge < -0.3 is 4.90 Å². The van der Waals surface area contributed by atoms with Gasteiger partial charge >= 0.3 is 0 Å². The van der Waals surface area contributed by atoms with Gasteiger partial charge in [-0.25, -0.2) is 0 Å². The van der Waals surface area contributed by atoms with Crippen molar-refractivity contribution < 1.29 is 0 Å². The Hall–Kier alpha value is -6.44. The molecular formula is C51H37N. The summed E-state index contributed by atoms with van der Waals surface area (Å²) in [6, 6.07) is 69.1. The minimum absolute atomic E-state index is 0.0874. The highest BCUT2D eigenvalue weighted by Crippen LogP contribution is 2.54. The lowest BCUT2D eigenvalue weighted by Gasteiger charge is -2.29. The third-order valence-corrected chi connectivity index (χ3v) is 11.2. The Balaban J connectivity index is 1.16. The Morgan fingerprint density at radius 2 is 0.904 bits per heavy atom. The fourth-order valence-electron chi connectivity index (χ4n) is 8.69. The van der Waals surface area contributed by atoms with Crippen molar-refractivity contribution >= 4 is 49.4 Å². The third-order valence-electron chi connectivity index (χ3n) is 11.2. The summed E-state index contributed by atoms with van der Waals surface area (Å²) in [6.07, 6.45) is 0. The van der Waals surface area contributed by atoms with Crippen molar-refractivity contribution in [3.63, 3.8) is 0 Å². The molecular weight excluding hydrogens is 627 g/mol. The lowest BCUT2D eigenvalue weighted by Crippen LogP contribution is -2.16. The van der Waals surface area contributed by atoms with Crippen LogP contribution in [0.15, 0.2) is 188 Å². The van der Waals surface area contributed by atoms with Gasteiger partial charge in [-0.3, -0.25) is 0 Å². The first kappa shape index (κ1) is 30.4. The average molecular weight is 664 g/mol. The quantitative estimate of drug-likeness (QED) is 0.166. The first-order valence-electron chi connectivity index (χ1n) is 18.2. The normalized spacial score (nSPS) is 13.0. The molecule has 0 atom stereocenters. The van der Waals surface area contributed by atoms with E-state index in [2.05, 4.69) is 207 Å². The maximum atomic E-state index is 2.45. The average Bonchev–Trinajstić information content (AvgIpc) is 3.45. The Morgan fingerprint density at radius 1 is 0.365 bits per heavy atom. The van der Waals surface area contributed by atoms with Crippen LogP contribution in [-0.2, 0) is 5.41 Å². The van der Waals surface area contributed by atoms with E-state index in [9.17, 15) is 0 Å². The van der Waals surface area contributed by atoms with Crippen molar-refractivity contribution in [2.75, 3.05) is 4.90 Å². The van der Waals surface area contributed by atoms with Crippen molar-refractivity contribution in [3.8, 4) is 33.4 Å². The lowest BCUT2D eigenvalue weighted by atomic mass is 9.82. The van der Waals surface area contributed by atoms with E-state index in [-0.39, 0.29) is 5.41 Å². The van der Waals surface area contributed by atoms with Crippen molar-refractivity contribution in [2.45, 2.75) is 19.3 Å². The van der Waals surface area contributed by atoms with Crippen molar-refractivity contribution in [2.24, 2.45) is 0 Å². The zero-order valence-electron chi connectivity index (χ0n) is 29.3. The zero-order valence-corrected chi connectivity index (χ0v) is 29.3. The minimum Gasteiger partial charge on any atom is -0.310 e. The molecule has 0 saturated heterocycles.